The average molecular weight is 375 g/mol. The van der Waals surface area contributed by atoms with E-state index in [4.69, 9.17) is 12.6 Å². The van der Waals surface area contributed by atoms with Crippen LogP contribution in [0, 0.1) is 6.07 Å². The molecule has 0 saturated carbocycles. The quantitative estimate of drug-likeness (QED) is 0.427. The van der Waals surface area contributed by atoms with Gasteiger partial charge in [-0.1, -0.05) is 18.2 Å². The van der Waals surface area contributed by atoms with Crippen molar-refractivity contribution < 1.29 is 42.2 Å². The summed E-state index contributed by atoms with van der Waals surface area (Å²) in [6, 6.07) is 28.3. The minimum Gasteiger partial charge on any atom is -0.356 e. The predicted octanol–water partition coefficient (Wildman–Crippen LogP) is 1.65. The first-order valence-electron chi connectivity index (χ1n) is 7.20. The van der Waals surface area contributed by atoms with Crippen LogP contribution >= 0.6 is 0 Å². The monoisotopic (exact) mass is 375 g/mol. The van der Waals surface area contributed by atoms with Crippen LogP contribution in [0.15, 0.2) is 89.1 Å². The van der Waals surface area contributed by atoms with Crippen LogP contribution in [0.2, 0.25) is 0 Å². The van der Waals surface area contributed by atoms with E-state index in [0.717, 1.165) is 22.7 Å². The maximum Gasteiger partial charge on any atom is 1.00 e. The van der Waals surface area contributed by atoms with Gasteiger partial charge in [0.25, 0.3) is 0 Å². The van der Waals surface area contributed by atoms with E-state index in [1.165, 1.54) is 0 Å². The van der Waals surface area contributed by atoms with Crippen molar-refractivity contribution in [1.82, 2.24) is 0 Å². The number of azo groups is 1. The molecule has 6 nitrogen and oxygen atoms in total. The molecule has 1 N–H and O–H groups in total. The largest absolute Gasteiger partial charge is 1.00 e. The van der Waals surface area contributed by atoms with Crippen LogP contribution in [0.25, 0.3) is 0 Å². The van der Waals surface area contributed by atoms with Gasteiger partial charge in [-0.25, -0.2) is 5.11 Å². The van der Waals surface area contributed by atoms with Gasteiger partial charge in [-0.05, 0) is 42.1 Å². The van der Waals surface area contributed by atoms with Gasteiger partial charge in [-0.2, -0.15) is 29.4 Å². The fourth-order valence-corrected chi connectivity index (χ4v) is 1.86. The van der Waals surface area contributed by atoms with Crippen molar-refractivity contribution in [2.24, 2.45) is 10.2 Å². The predicted molar refractivity (Wildman–Crippen MR) is 95.3 cm³/mol. The van der Waals surface area contributed by atoms with Crippen molar-refractivity contribution in [1.29, 1.82) is 0 Å². The second-order valence-electron chi connectivity index (χ2n) is 4.70. The molecule has 0 heterocycles. The summed E-state index contributed by atoms with van der Waals surface area (Å²) in [5.41, 5.74) is 3.70. The molecule has 3 aromatic rings. The Hall–Kier alpha value is -2.32. The summed E-state index contributed by atoms with van der Waals surface area (Å²) >= 11 is 0. The van der Waals surface area contributed by atoms with Crippen LogP contribution in [0.3, 0.4) is 0 Å². The Morgan fingerprint density at radius 2 is 1.31 bits per heavy atom. The average Bonchev–Trinajstić information content (AvgIpc) is 2.62. The summed E-state index contributed by atoms with van der Waals surface area (Å²) in [6.45, 7) is 0. The van der Waals surface area contributed by atoms with Crippen molar-refractivity contribution in [3.63, 3.8) is 0 Å². The van der Waals surface area contributed by atoms with E-state index in [-0.39, 0.29) is 29.6 Å². The molecule has 0 aromatic heterocycles. The molecule has 26 heavy (non-hydrogen) atoms. The van der Waals surface area contributed by atoms with Gasteiger partial charge in [0.2, 0.25) is 0 Å². The molecule has 0 atom stereocenters. The van der Waals surface area contributed by atoms with Gasteiger partial charge in [-0.15, -0.1) is 18.7 Å². The number of para-hydroxylation sites is 1. The van der Waals surface area contributed by atoms with E-state index in [9.17, 15) is 0 Å². The molecule has 0 spiro atoms. The van der Waals surface area contributed by atoms with Crippen molar-refractivity contribution in [2.45, 2.75) is 0 Å². The van der Waals surface area contributed by atoms with E-state index in [1.54, 1.807) is 6.07 Å². The normalized spacial score (nSPS) is 9.54. The zero-order valence-electron chi connectivity index (χ0n) is 14.0. The van der Waals surface area contributed by atoms with Crippen LogP contribution in [0.1, 0.15) is 0 Å². The molecule has 0 fully saturated rings. The summed E-state index contributed by atoms with van der Waals surface area (Å²) in [4.78, 5) is 0. The van der Waals surface area contributed by atoms with E-state index in [2.05, 4.69) is 21.6 Å². The molecule has 3 rings (SSSR count). The molecule has 3 aromatic carbocycles. The third kappa shape index (κ3) is 8.68. The molecule has 0 amide bonds. The van der Waals surface area contributed by atoms with E-state index in [1.807, 2.05) is 72.8 Å². The van der Waals surface area contributed by atoms with E-state index >= 15 is 0 Å². The maximum atomic E-state index is 8.44. The number of rotatable bonds is 4. The zero-order valence-corrected chi connectivity index (χ0v) is 16.8. The van der Waals surface area contributed by atoms with Crippen LogP contribution in [0.4, 0.5) is 22.7 Å². The van der Waals surface area contributed by atoms with Crippen molar-refractivity contribution in [3.8, 4) is 0 Å². The van der Waals surface area contributed by atoms with Gasteiger partial charge in [0.15, 0.2) is 0 Å². The third-order valence-corrected chi connectivity index (χ3v) is 2.90. The van der Waals surface area contributed by atoms with Gasteiger partial charge >= 0.3 is 40.2 Å². The maximum absolute atomic E-state index is 8.44. The van der Waals surface area contributed by atoms with Crippen molar-refractivity contribution in [2.75, 3.05) is 5.32 Å². The van der Waals surface area contributed by atoms with Crippen molar-refractivity contribution >= 4 is 33.4 Å². The molecule has 0 saturated heterocycles. The fourth-order valence-electron chi connectivity index (χ4n) is 1.86. The number of hydrogen-bond acceptors (Lipinski definition) is 6. The number of benzene rings is 3. The van der Waals surface area contributed by atoms with Gasteiger partial charge < -0.3 is 5.32 Å². The molecule has 8 heteroatoms. The topological polar surface area (TPSA) is 88.0 Å². The van der Waals surface area contributed by atoms with Gasteiger partial charge in [0, 0.05) is 11.4 Å². The summed E-state index contributed by atoms with van der Waals surface area (Å²) in [6.07, 6.45) is 0. The van der Waals surface area contributed by atoms with Gasteiger partial charge in [-0.3, -0.25) is 0 Å². The SMILES string of the molecule is O=S(=O)=O.[Na+].[c-]1cccc(N=Nc2ccc(Nc3ccccc3)cc2)c1. The molecule has 0 aliphatic rings. The number of hydrogen-bond donors (Lipinski definition) is 1. The Kier molecular flexibility index (Phi) is 10.1. The molecule has 126 valence electrons. The van der Waals surface area contributed by atoms with Crippen molar-refractivity contribution in [3.05, 3.63) is 84.9 Å². The Morgan fingerprint density at radius 3 is 1.88 bits per heavy atom. The summed E-state index contributed by atoms with van der Waals surface area (Å²) in [7, 11) is -3.11. The first kappa shape index (κ1) is 21.7. The third-order valence-electron chi connectivity index (χ3n) is 2.90. The summed E-state index contributed by atoms with van der Waals surface area (Å²) < 4.78 is 25.3. The molecule has 0 aliphatic heterocycles. The summed E-state index contributed by atoms with van der Waals surface area (Å²) in [5, 5.41) is 11.7. The van der Waals surface area contributed by atoms with E-state index in [0.29, 0.717) is 0 Å². The molecular formula is C18H14N3NaO3S. The van der Waals surface area contributed by atoms with Gasteiger partial charge in [0.1, 0.15) is 0 Å². The Balaban J connectivity index is 0.000000616. The second kappa shape index (κ2) is 12.1. The number of anilines is 2. The molecule has 0 aliphatic carbocycles. The Labute approximate surface area is 175 Å². The van der Waals surface area contributed by atoms with Crippen LogP contribution in [-0.4, -0.2) is 12.6 Å². The summed E-state index contributed by atoms with van der Waals surface area (Å²) in [5.74, 6) is 0. The minimum absolute atomic E-state index is 0. The molecular weight excluding hydrogens is 361 g/mol. The Bertz CT molecular complexity index is 911. The van der Waals surface area contributed by atoms with E-state index < -0.39 is 10.6 Å². The van der Waals surface area contributed by atoms with Crippen LogP contribution in [0.5, 0.6) is 0 Å². The zero-order chi connectivity index (χ0) is 17.9. The molecule has 0 radical (unpaired) electrons. The number of nitrogens with one attached hydrogen (secondary N) is 1. The Morgan fingerprint density at radius 1 is 0.731 bits per heavy atom. The first-order chi connectivity index (χ1) is 12.1. The first-order valence-corrected chi connectivity index (χ1v) is 8.20. The van der Waals surface area contributed by atoms with Gasteiger partial charge in [0.05, 0.1) is 5.69 Å². The smallest absolute Gasteiger partial charge is 0.356 e. The molecule has 0 bridgehead atoms. The number of nitrogens with zero attached hydrogens (tertiary/aromatic N) is 2. The second-order valence-corrected chi connectivity index (χ2v) is 5.11. The van der Waals surface area contributed by atoms with Crippen LogP contribution in [-0.2, 0) is 10.6 Å². The van der Waals surface area contributed by atoms with Crippen LogP contribution < -0.4 is 34.9 Å². The molecule has 0 unspecified atom stereocenters. The fraction of sp³-hybridized carbons (Fsp3) is 0. The standard InChI is InChI=1S/C18H14N3.Na.O3S/c1-3-7-15(8-4-1)19-16-11-13-18(14-12-16)21-20-17-9-5-2-6-10-17;;1-4(2)3/h1-5,7-14,19H;;/q-1;+1;. The minimum atomic E-state index is -3.11.